The third-order valence-electron chi connectivity index (χ3n) is 4.75. The van der Waals surface area contributed by atoms with Gasteiger partial charge in [0.05, 0.1) is 37.0 Å². The van der Waals surface area contributed by atoms with Crippen LogP contribution < -0.4 is 0 Å². The Hall–Kier alpha value is -1.63. The molecule has 0 spiro atoms. The van der Waals surface area contributed by atoms with Gasteiger partial charge in [-0.05, 0) is 24.9 Å². The Labute approximate surface area is 135 Å². The molecule has 2 bridgehead atoms. The van der Waals surface area contributed by atoms with Crippen LogP contribution in [-0.2, 0) is 16.1 Å². The summed E-state index contributed by atoms with van der Waals surface area (Å²) in [7, 11) is 0. The summed E-state index contributed by atoms with van der Waals surface area (Å²) in [5, 5.41) is 16.2. The molecule has 124 valence electrons. The summed E-state index contributed by atoms with van der Waals surface area (Å²) in [6.45, 7) is 5.01. The molecule has 0 unspecified atom stereocenters. The van der Waals surface area contributed by atoms with Crippen molar-refractivity contribution in [2.45, 2.75) is 44.2 Å². The summed E-state index contributed by atoms with van der Waals surface area (Å²) in [5.74, 6) is -0.109. The van der Waals surface area contributed by atoms with Gasteiger partial charge < -0.3 is 9.84 Å². The quantitative estimate of drug-likeness (QED) is 0.524. The monoisotopic (exact) mass is 318 g/mol. The number of nitrogens with zero attached hydrogens (tertiary/aromatic N) is 4. The topological polar surface area (TPSA) is 90.7 Å². The molecule has 3 rings (SSSR count). The molecule has 1 N–H and O–H groups in total. The number of hydroxylamine groups is 2. The Balaban J connectivity index is 1.84. The fourth-order valence-corrected chi connectivity index (χ4v) is 3.51. The highest BCUT2D eigenvalue weighted by Crippen LogP contribution is 2.40. The summed E-state index contributed by atoms with van der Waals surface area (Å²) in [6, 6.07) is 9.57. The van der Waals surface area contributed by atoms with Gasteiger partial charge in [-0.3, -0.25) is 4.84 Å². The van der Waals surface area contributed by atoms with E-state index < -0.39 is 17.8 Å². The molecule has 0 radical (unpaired) electrons. The number of hydrogen-bond donors (Lipinski definition) is 1. The van der Waals surface area contributed by atoms with E-state index in [4.69, 9.17) is 15.1 Å². The van der Waals surface area contributed by atoms with Gasteiger partial charge in [0.2, 0.25) is 0 Å². The van der Waals surface area contributed by atoms with Gasteiger partial charge in [-0.15, -0.1) is 0 Å². The number of fused-ring (bicyclic) bond motifs is 2. The number of azide groups is 1. The van der Waals surface area contributed by atoms with Crippen molar-refractivity contribution in [1.29, 1.82) is 0 Å². The maximum atomic E-state index is 10.8. The second kappa shape index (κ2) is 6.47. The largest absolute Gasteiger partial charge is 0.391 e. The fourth-order valence-electron chi connectivity index (χ4n) is 3.51. The molecule has 4 atom stereocenters. The average Bonchev–Trinajstić information content (AvgIpc) is 2.51. The van der Waals surface area contributed by atoms with Crippen LogP contribution in [0.25, 0.3) is 10.4 Å². The van der Waals surface area contributed by atoms with Gasteiger partial charge in [0, 0.05) is 17.4 Å². The van der Waals surface area contributed by atoms with Crippen LogP contribution in [0.3, 0.4) is 0 Å². The lowest BCUT2D eigenvalue weighted by Crippen LogP contribution is -2.69. The molecule has 7 heteroatoms. The van der Waals surface area contributed by atoms with Gasteiger partial charge in [-0.1, -0.05) is 35.4 Å². The minimum atomic E-state index is -0.588. The van der Waals surface area contributed by atoms with Gasteiger partial charge in [0.1, 0.15) is 0 Å². The van der Waals surface area contributed by atoms with Crippen LogP contribution in [0.2, 0.25) is 0 Å². The zero-order valence-electron chi connectivity index (χ0n) is 13.4. The van der Waals surface area contributed by atoms with Crippen molar-refractivity contribution in [2.24, 2.45) is 11.0 Å². The molecule has 0 aromatic heterocycles. The molecule has 23 heavy (non-hydrogen) atoms. The molecular formula is C16H22N4O3. The highest BCUT2D eigenvalue weighted by atomic mass is 16.7. The number of benzene rings is 1. The maximum Gasteiger partial charge on any atom is 0.0883 e. The molecule has 1 aromatic rings. The van der Waals surface area contributed by atoms with E-state index in [9.17, 15) is 5.11 Å². The van der Waals surface area contributed by atoms with Crippen LogP contribution in [0.1, 0.15) is 19.4 Å². The maximum absolute atomic E-state index is 10.8. The van der Waals surface area contributed by atoms with E-state index in [1.54, 1.807) is 5.06 Å². The molecule has 0 saturated carbocycles. The third kappa shape index (κ3) is 3.20. The lowest BCUT2D eigenvalue weighted by Gasteiger charge is -2.55. The number of hydrogen-bond acceptors (Lipinski definition) is 5. The lowest BCUT2D eigenvalue weighted by atomic mass is 9.77. The minimum absolute atomic E-state index is 0.109. The van der Waals surface area contributed by atoms with E-state index in [0.717, 1.165) is 5.56 Å². The van der Waals surface area contributed by atoms with Crippen LogP contribution in [0, 0.1) is 5.92 Å². The van der Waals surface area contributed by atoms with Gasteiger partial charge in [-0.25, -0.2) is 0 Å². The van der Waals surface area contributed by atoms with Crippen LogP contribution in [0.5, 0.6) is 0 Å². The summed E-state index contributed by atoms with van der Waals surface area (Å²) in [4.78, 5) is 8.75. The van der Waals surface area contributed by atoms with Crippen LogP contribution >= 0.6 is 0 Å². The molecular weight excluding hydrogens is 296 g/mol. The Kier molecular flexibility index (Phi) is 4.57. The molecule has 1 aromatic carbocycles. The highest BCUT2D eigenvalue weighted by molar-refractivity contribution is 5.15. The molecule has 2 aliphatic heterocycles. The van der Waals surface area contributed by atoms with E-state index in [2.05, 4.69) is 10.0 Å². The Morgan fingerprint density at radius 2 is 2.13 bits per heavy atom. The summed E-state index contributed by atoms with van der Waals surface area (Å²) < 4.78 is 6.13. The SMILES string of the molecule is CC1(C)O[C@H](CN=[N+]=[N-])[C@@H]2[C@@H](O)[C@@H]1CON2Cc1ccccc1. The van der Waals surface area contributed by atoms with E-state index in [0.29, 0.717) is 13.2 Å². The molecule has 0 aliphatic carbocycles. The first-order valence-corrected chi connectivity index (χ1v) is 7.83. The standard InChI is InChI=1S/C16H22N4O3/c1-16(2)12-10-22-20(9-11-6-4-3-5-7-11)14(15(12)21)13(23-16)8-18-19-17/h3-7,12-15,21H,8-10H2,1-2H3/t12-,13+,14+,15-/m0/s1. The van der Waals surface area contributed by atoms with Gasteiger partial charge in [-0.2, -0.15) is 5.06 Å². The van der Waals surface area contributed by atoms with E-state index in [-0.39, 0.29) is 18.5 Å². The smallest absolute Gasteiger partial charge is 0.0883 e. The van der Waals surface area contributed by atoms with Crippen molar-refractivity contribution in [1.82, 2.24) is 5.06 Å². The number of aliphatic hydroxyl groups excluding tert-OH is 1. The molecule has 2 aliphatic rings. The van der Waals surface area contributed by atoms with Crippen molar-refractivity contribution in [2.75, 3.05) is 13.2 Å². The van der Waals surface area contributed by atoms with E-state index >= 15 is 0 Å². The summed E-state index contributed by atoms with van der Waals surface area (Å²) in [5.41, 5.74) is 9.18. The first-order chi connectivity index (χ1) is 11.0. The van der Waals surface area contributed by atoms with Crippen LogP contribution in [0.4, 0.5) is 0 Å². The number of rotatable bonds is 4. The van der Waals surface area contributed by atoms with Crippen molar-refractivity contribution in [3.8, 4) is 0 Å². The van der Waals surface area contributed by atoms with Crippen LogP contribution in [0.15, 0.2) is 35.4 Å². The van der Waals surface area contributed by atoms with E-state index in [1.807, 2.05) is 44.2 Å². The number of ether oxygens (including phenoxy) is 1. The number of aliphatic hydroxyl groups is 1. The summed E-state index contributed by atoms with van der Waals surface area (Å²) >= 11 is 0. The van der Waals surface area contributed by atoms with Gasteiger partial charge in [0.25, 0.3) is 0 Å². The molecule has 0 amide bonds. The predicted molar refractivity (Wildman–Crippen MR) is 84.2 cm³/mol. The van der Waals surface area contributed by atoms with Crippen molar-refractivity contribution < 1.29 is 14.7 Å². The second-order valence-corrected chi connectivity index (χ2v) is 6.62. The van der Waals surface area contributed by atoms with Gasteiger partial charge >= 0.3 is 0 Å². The molecule has 7 nitrogen and oxygen atoms in total. The summed E-state index contributed by atoms with van der Waals surface area (Å²) in [6.07, 6.45) is -0.994. The predicted octanol–water partition coefficient (Wildman–Crippen LogP) is 2.27. The lowest BCUT2D eigenvalue weighted by molar-refractivity contribution is -0.345. The first-order valence-electron chi connectivity index (χ1n) is 7.83. The highest BCUT2D eigenvalue weighted by Gasteiger charge is 2.54. The van der Waals surface area contributed by atoms with Crippen molar-refractivity contribution in [3.05, 3.63) is 46.3 Å². The average molecular weight is 318 g/mol. The fraction of sp³-hybridized carbons (Fsp3) is 0.625. The first kappa shape index (κ1) is 16.2. The molecule has 2 saturated heterocycles. The van der Waals surface area contributed by atoms with Crippen LogP contribution in [-0.4, -0.2) is 47.2 Å². The Morgan fingerprint density at radius 1 is 1.39 bits per heavy atom. The zero-order valence-corrected chi connectivity index (χ0v) is 13.4. The zero-order chi connectivity index (χ0) is 16.4. The Bertz CT molecular complexity index is 588. The van der Waals surface area contributed by atoms with Gasteiger partial charge in [0.15, 0.2) is 0 Å². The molecule has 2 heterocycles. The van der Waals surface area contributed by atoms with Crippen molar-refractivity contribution in [3.63, 3.8) is 0 Å². The second-order valence-electron chi connectivity index (χ2n) is 6.62. The van der Waals surface area contributed by atoms with Crippen molar-refractivity contribution >= 4 is 0 Å². The Morgan fingerprint density at radius 3 is 2.83 bits per heavy atom. The third-order valence-corrected chi connectivity index (χ3v) is 4.75. The molecule has 2 fully saturated rings. The normalized spacial score (nSPS) is 33.0. The minimum Gasteiger partial charge on any atom is -0.391 e. The van der Waals surface area contributed by atoms with E-state index in [1.165, 1.54) is 0 Å².